The molecule has 134 valence electrons. The molecule has 1 heterocycles. The van der Waals surface area contributed by atoms with Crippen LogP contribution in [0.2, 0.25) is 5.02 Å². The number of hydrogen-bond acceptors (Lipinski definition) is 2. The summed E-state index contributed by atoms with van der Waals surface area (Å²) >= 11 is 6.18. The average molecular weight is 383 g/mol. The van der Waals surface area contributed by atoms with Crippen LogP contribution in [0.3, 0.4) is 0 Å². The maximum absolute atomic E-state index is 13.4. The van der Waals surface area contributed by atoms with E-state index in [2.05, 4.69) is 12.1 Å². The van der Waals surface area contributed by atoms with Gasteiger partial charge in [0.1, 0.15) is 5.82 Å². The second kappa shape index (κ2) is 6.63. The predicted octanol–water partition coefficient (Wildman–Crippen LogP) is 6.20. The fourth-order valence-corrected chi connectivity index (χ4v) is 3.74. The number of fused-ring (bicyclic) bond motifs is 2. The van der Waals surface area contributed by atoms with Crippen LogP contribution >= 0.6 is 11.6 Å². The summed E-state index contributed by atoms with van der Waals surface area (Å²) in [5, 5.41) is 2.74. The smallest absolute Gasteiger partial charge is 0.264 e. The summed E-state index contributed by atoms with van der Waals surface area (Å²) in [5.74, 6) is 0.497. The van der Waals surface area contributed by atoms with Crippen LogP contribution in [-0.4, -0.2) is 15.5 Å². The number of benzene rings is 4. The SMILES string of the molecule is O=C(c1ccccc1)n1c(-c2cccc3ccccc23)nc2cc(Cl)ccc21. The number of aromatic nitrogens is 2. The Morgan fingerprint density at radius 3 is 2.43 bits per heavy atom. The summed E-state index contributed by atoms with van der Waals surface area (Å²) < 4.78 is 1.68. The van der Waals surface area contributed by atoms with Gasteiger partial charge in [-0.3, -0.25) is 9.36 Å². The monoisotopic (exact) mass is 382 g/mol. The summed E-state index contributed by atoms with van der Waals surface area (Å²) in [6.45, 7) is 0. The number of imidazole rings is 1. The van der Waals surface area contributed by atoms with Gasteiger partial charge in [-0.15, -0.1) is 0 Å². The molecule has 0 spiro atoms. The molecule has 0 aliphatic rings. The van der Waals surface area contributed by atoms with Gasteiger partial charge in [0.25, 0.3) is 5.91 Å². The van der Waals surface area contributed by atoms with Crippen molar-refractivity contribution in [2.24, 2.45) is 0 Å². The first-order valence-corrected chi connectivity index (χ1v) is 9.36. The van der Waals surface area contributed by atoms with Crippen LogP contribution in [0.5, 0.6) is 0 Å². The largest absolute Gasteiger partial charge is 0.268 e. The molecular formula is C24H15ClN2O. The lowest BCUT2D eigenvalue weighted by atomic mass is 10.0. The molecule has 0 atom stereocenters. The zero-order chi connectivity index (χ0) is 19.1. The third kappa shape index (κ3) is 2.68. The van der Waals surface area contributed by atoms with Crippen LogP contribution < -0.4 is 0 Å². The van der Waals surface area contributed by atoms with Crippen LogP contribution in [0.1, 0.15) is 10.4 Å². The van der Waals surface area contributed by atoms with Gasteiger partial charge in [-0.2, -0.15) is 0 Å². The second-order valence-electron chi connectivity index (χ2n) is 6.60. The molecule has 0 aliphatic carbocycles. The van der Waals surface area contributed by atoms with E-state index in [9.17, 15) is 4.79 Å². The van der Waals surface area contributed by atoms with E-state index in [1.54, 1.807) is 16.7 Å². The van der Waals surface area contributed by atoms with Crippen molar-refractivity contribution in [3.63, 3.8) is 0 Å². The minimum atomic E-state index is -0.117. The fourth-order valence-electron chi connectivity index (χ4n) is 3.57. The van der Waals surface area contributed by atoms with Gasteiger partial charge in [0.15, 0.2) is 0 Å². The molecule has 0 fully saturated rings. The lowest BCUT2D eigenvalue weighted by Crippen LogP contribution is -2.13. The van der Waals surface area contributed by atoms with Crippen molar-refractivity contribution in [1.29, 1.82) is 0 Å². The molecule has 4 aromatic carbocycles. The summed E-state index contributed by atoms with van der Waals surface area (Å²) in [6.07, 6.45) is 0. The number of rotatable bonds is 2. The standard InChI is InChI=1S/C24H15ClN2O/c25-18-13-14-22-21(15-18)26-23(27(22)24(28)17-8-2-1-3-9-17)20-12-6-10-16-7-4-5-11-19(16)20/h1-15H. The Morgan fingerprint density at radius 1 is 0.821 bits per heavy atom. The zero-order valence-corrected chi connectivity index (χ0v) is 15.6. The van der Waals surface area contributed by atoms with Crippen LogP contribution in [-0.2, 0) is 0 Å². The second-order valence-corrected chi connectivity index (χ2v) is 7.04. The molecule has 0 unspecified atom stereocenters. The van der Waals surface area contributed by atoms with Crippen LogP contribution in [0.4, 0.5) is 0 Å². The van der Waals surface area contributed by atoms with Gasteiger partial charge in [-0.05, 0) is 41.1 Å². The van der Waals surface area contributed by atoms with Crippen molar-refractivity contribution in [1.82, 2.24) is 9.55 Å². The van der Waals surface area contributed by atoms with Crippen LogP contribution in [0.15, 0.2) is 91.0 Å². The summed E-state index contributed by atoms with van der Waals surface area (Å²) in [7, 11) is 0. The first-order chi connectivity index (χ1) is 13.7. The van der Waals surface area contributed by atoms with E-state index in [1.165, 1.54) is 0 Å². The summed E-state index contributed by atoms with van der Waals surface area (Å²) in [6, 6.07) is 28.8. The van der Waals surface area contributed by atoms with E-state index in [0.717, 1.165) is 21.9 Å². The normalized spacial score (nSPS) is 11.2. The van der Waals surface area contributed by atoms with E-state index in [-0.39, 0.29) is 5.91 Å². The van der Waals surface area contributed by atoms with Gasteiger partial charge in [0.05, 0.1) is 11.0 Å². The minimum Gasteiger partial charge on any atom is -0.268 e. The van der Waals surface area contributed by atoms with E-state index in [1.807, 2.05) is 66.7 Å². The van der Waals surface area contributed by atoms with Crippen LogP contribution in [0.25, 0.3) is 33.2 Å². The third-order valence-electron chi connectivity index (χ3n) is 4.87. The van der Waals surface area contributed by atoms with Crippen molar-refractivity contribution in [3.05, 3.63) is 102 Å². The Morgan fingerprint density at radius 2 is 1.57 bits per heavy atom. The third-order valence-corrected chi connectivity index (χ3v) is 5.11. The first kappa shape index (κ1) is 16.7. The maximum atomic E-state index is 13.4. The Balaban J connectivity index is 1.85. The molecule has 28 heavy (non-hydrogen) atoms. The molecule has 0 saturated carbocycles. The number of hydrogen-bond donors (Lipinski definition) is 0. The highest BCUT2D eigenvalue weighted by Crippen LogP contribution is 2.32. The number of nitrogens with zero attached hydrogens (tertiary/aromatic N) is 2. The lowest BCUT2D eigenvalue weighted by molar-refractivity contribution is 0.0966. The fraction of sp³-hybridized carbons (Fsp3) is 0. The lowest BCUT2D eigenvalue weighted by Gasteiger charge is -2.10. The molecule has 5 rings (SSSR count). The van der Waals surface area contributed by atoms with E-state index >= 15 is 0 Å². The van der Waals surface area contributed by atoms with E-state index in [4.69, 9.17) is 16.6 Å². The molecular weight excluding hydrogens is 368 g/mol. The predicted molar refractivity (Wildman–Crippen MR) is 114 cm³/mol. The zero-order valence-electron chi connectivity index (χ0n) is 14.8. The summed E-state index contributed by atoms with van der Waals surface area (Å²) in [4.78, 5) is 18.2. The Bertz CT molecular complexity index is 1330. The highest BCUT2D eigenvalue weighted by molar-refractivity contribution is 6.31. The van der Waals surface area contributed by atoms with Gasteiger partial charge < -0.3 is 0 Å². The van der Waals surface area contributed by atoms with Gasteiger partial charge >= 0.3 is 0 Å². The quantitative estimate of drug-likeness (QED) is 0.364. The molecule has 1 aromatic heterocycles. The molecule has 0 N–H and O–H groups in total. The molecule has 3 nitrogen and oxygen atoms in total. The topological polar surface area (TPSA) is 34.9 Å². The Labute approximate surface area is 166 Å². The van der Waals surface area contributed by atoms with Crippen molar-refractivity contribution < 1.29 is 4.79 Å². The van der Waals surface area contributed by atoms with Crippen molar-refractivity contribution in [2.45, 2.75) is 0 Å². The number of halogens is 1. The van der Waals surface area contributed by atoms with Gasteiger partial charge in [-0.25, -0.2) is 4.98 Å². The van der Waals surface area contributed by atoms with Gasteiger partial charge in [0.2, 0.25) is 0 Å². The molecule has 0 radical (unpaired) electrons. The molecule has 4 heteroatoms. The Kier molecular flexibility index (Phi) is 3.96. The summed E-state index contributed by atoms with van der Waals surface area (Å²) in [5.41, 5.74) is 2.95. The highest BCUT2D eigenvalue weighted by atomic mass is 35.5. The molecule has 0 bridgehead atoms. The molecule has 0 amide bonds. The molecule has 5 aromatic rings. The molecule has 0 saturated heterocycles. The Hall–Kier alpha value is -3.43. The van der Waals surface area contributed by atoms with E-state index < -0.39 is 0 Å². The van der Waals surface area contributed by atoms with Gasteiger partial charge in [0, 0.05) is 16.1 Å². The van der Waals surface area contributed by atoms with Crippen LogP contribution in [0, 0.1) is 0 Å². The number of carbonyl (C=O) groups is 1. The minimum absolute atomic E-state index is 0.117. The maximum Gasteiger partial charge on any atom is 0.264 e. The van der Waals surface area contributed by atoms with Crippen molar-refractivity contribution >= 4 is 39.3 Å². The highest BCUT2D eigenvalue weighted by Gasteiger charge is 2.20. The number of carbonyl (C=O) groups excluding carboxylic acids is 1. The van der Waals surface area contributed by atoms with Crippen molar-refractivity contribution in [3.8, 4) is 11.4 Å². The first-order valence-electron chi connectivity index (χ1n) is 8.98. The average Bonchev–Trinajstić information content (AvgIpc) is 3.11. The van der Waals surface area contributed by atoms with Gasteiger partial charge in [-0.1, -0.05) is 72.3 Å². The van der Waals surface area contributed by atoms with Crippen molar-refractivity contribution in [2.75, 3.05) is 0 Å². The van der Waals surface area contributed by atoms with E-state index in [0.29, 0.717) is 21.9 Å². The molecule has 0 aliphatic heterocycles.